The minimum Gasteiger partial charge on any atom is -0.418 e. The van der Waals surface area contributed by atoms with Crippen LogP contribution in [-0.4, -0.2) is 27.1 Å². The van der Waals surface area contributed by atoms with Gasteiger partial charge < -0.3 is 26.7 Å². The summed E-state index contributed by atoms with van der Waals surface area (Å²) in [4.78, 5) is 0. The van der Waals surface area contributed by atoms with Crippen LogP contribution in [0.25, 0.3) is 0 Å². The molecule has 2 aromatic rings. The van der Waals surface area contributed by atoms with Gasteiger partial charge in [-0.1, -0.05) is 60.7 Å². The van der Waals surface area contributed by atoms with Crippen molar-refractivity contribution < 1.29 is 26.7 Å². The molecule has 0 spiro atoms. The number of benzene rings is 2. The molecule has 0 unspecified atom stereocenters. The molecule has 2 nitrogen and oxygen atoms in total. The summed E-state index contributed by atoms with van der Waals surface area (Å²) in [5.74, 6) is 1.95. The van der Waals surface area contributed by atoms with Gasteiger partial charge in [-0.15, -0.1) is 0 Å². The van der Waals surface area contributed by atoms with Crippen LogP contribution in [0.4, 0.5) is 17.3 Å². The zero-order valence-corrected chi connectivity index (χ0v) is 14.9. The lowest BCUT2D eigenvalue weighted by Crippen LogP contribution is -2.28. The molecule has 0 fully saturated rings. The van der Waals surface area contributed by atoms with E-state index in [4.69, 9.17) is 9.47 Å². The lowest BCUT2D eigenvalue weighted by Gasteiger charge is -2.16. The van der Waals surface area contributed by atoms with Gasteiger partial charge in [-0.05, 0) is 0 Å². The Kier molecular flexibility index (Phi) is 9.63. The van der Waals surface area contributed by atoms with E-state index in [0.717, 1.165) is 11.5 Å². The molecule has 0 bridgehead atoms. The minimum absolute atomic E-state index is 0.00870. The highest BCUT2D eigenvalue weighted by Gasteiger charge is 2.31. The van der Waals surface area contributed by atoms with Crippen LogP contribution in [0, 0.1) is 0 Å². The lowest BCUT2D eigenvalue weighted by atomic mass is 10.2. The Balaban J connectivity index is 0.000000550. The Morgan fingerprint density at radius 1 is 0.760 bits per heavy atom. The average molecular weight is 376 g/mol. The van der Waals surface area contributed by atoms with E-state index < -0.39 is 7.25 Å². The highest BCUT2D eigenvalue weighted by Crippen LogP contribution is 2.20. The van der Waals surface area contributed by atoms with Crippen molar-refractivity contribution in [2.75, 3.05) is 14.2 Å². The Morgan fingerprint density at radius 3 is 1.36 bits per heavy atom. The molecule has 138 valence electrons. The number of halogens is 4. The van der Waals surface area contributed by atoms with Crippen LogP contribution in [0.1, 0.15) is 11.1 Å². The van der Waals surface area contributed by atoms with Crippen LogP contribution in [0.15, 0.2) is 60.7 Å². The molecule has 2 aromatic carbocycles. The third kappa shape index (κ3) is 10.2. The van der Waals surface area contributed by atoms with Crippen molar-refractivity contribution in [1.82, 2.24) is 0 Å². The molecule has 0 radical (unpaired) electrons. The van der Waals surface area contributed by atoms with Crippen molar-refractivity contribution in [3.8, 4) is 0 Å². The van der Waals surface area contributed by atoms with Crippen LogP contribution in [-0.2, 0) is 31.9 Å². The Bertz CT molecular complexity index is 533. The van der Waals surface area contributed by atoms with Crippen molar-refractivity contribution in [2.45, 2.75) is 17.1 Å². The van der Waals surface area contributed by atoms with Crippen LogP contribution in [0.5, 0.6) is 0 Å². The minimum atomic E-state index is -6.00. The predicted octanol–water partition coefficient (Wildman–Crippen LogP) is 4.88. The van der Waals surface area contributed by atoms with E-state index in [-0.39, 0.29) is 16.5 Å². The standard InChI is InChI=1S/C17H21O2S.BF4/c1-18-17(19-2)20(13-15-9-5-3-6-10-15)14-16-11-7-4-8-12-16;2-1(3,4)5/h3-12,17H,13-14H2,1-2H3;/q+1;-1. The third-order valence-electron chi connectivity index (χ3n) is 3.05. The van der Waals surface area contributed by atoms with Gasteiger partial charge in [0, 0.05) is 25.3 Å². The summed E-state index contributed by atoms with van der Waals surface area (Å²) in [7, 11) is -2.58. The first-order chi connectivity index (χ1) is 11.8. The molecule has 0 aromatic heterocycles. The summed E-state index contributed by atoms with van der Waals surface area (Å²) in [5.41, 5.74) is 2.49. The van der Waals surface area contributed by atoms with Gasteiger partial charge in [0.25, 0.3) is 0 Å². The molecule has 0 atom stereocenters. The maximum atomic E-state index is 9.75. The molecule has 0 aliphatic heterocycles. The fourth-order valence-electron chi connectivity index (χ4n) is 2.13. The van der Waals surface area contributed by atoms with Crippen molar-refractivity contribution >= 4 is 18.1 Å². The molecule has 0 N–H and O–H groups in total. The molecule has 0 saturated carbocycles. The van der Waals surface area contributed by atoms with Gasteiger partial charge in [-0.2, -0.15) is 0 Å². The molecule has 0 amide bonds. The summed E-state index contributed by atoms with van der Waals surface area (Å²) in [6.45, 7) is 0. The monoisotopic (exact) mass is 376 g/mol. The van der Waals surface area contributed by atoms with Gasteiger partial charge in [0.15, 0.2) is 0 Å². The van der Waals surface area contributed by atoms with Gasteiger partial charge in [0.2, 0.25) is 0 Å². The molecule has 0 heterocycles. The quantitative estimate of drug-likeness (QED) is 0.297. The number of rotatable bonds is 7. The zero-order chi connectivity index (χ0) is 18.7. The maximum absolute atomic E-state index is 9.75. The topological polar surface area (TPSA) is 18.5 Å². The molecule has 0 aliphatic rings. The Morgan fingerprint density at radius 2 is 1.08 bits per heavy atom. The summed E-state index contributed by atoms with van der Waals surface area (Å²) < 4.78 is 50.0. The summed E-state index contributed by atoms with van der Waals surface area (Å²) in [6.07, 6.45) is 0. The van der Waals surface area contributed by atoms with Gasteiger partial charge in [0.1, 0.15) is 11.5 Å². The zero-order valence-electron chi connectivity index (χ0n) is 14.1. The molecule has 8 heteroatoms. The Labute approximate surface area is 148 Å². The summed E-state index contributed by atoms with van der Waals surface area (Å²) in [6, 6.07) is 21.0. The fraction of sp³-hybridized carbons (Fsp3) is 0.294. The first-order valence-corrected chi connectivity index (χ1v) is 9.13. The van der Waals surface area contributed by atoms with Gasteiger partial charge >= 0.3 is 12.9 Å². The van der Waals surface area contributed by atoms with Crippen LogP contribution in [0.2, 0.25) is 0 Å². The van der Waals surface area contributed by atoms with Crippen molar-refractivity contribution in [3.63, 3.8) is 0 Å². The second-order valence-electron chi connectivity index (χ2n) is 5.05. The van der Waals surface area contributed by atoms with E-state index in [9.17, 15) is 17.3 Å². The Hall–Kier alpha value is -1.51. The van der Waals surface area contributed by atoms with E-state index in [1.165, 1.54) is 11.1 Å². The van der Waals surface area contributed by atoms with Crippen LogP contribution < -0.4 is 0 Å². The van der Waals surface area contributed by atoms with E-state index >= 15 is 0 Å². The molecule has 2 rings (SSSR count). The molecular formula is C17H21BF4O2S. The SMILES string of the molecule is COC(OC)[S+](Cc1ccccc1)Cc1ccccc1.F[B-](F)(F)F. The average Bonchev–Trinajstić information content (AvgIpc) is 2.56. The van der Waals surface area contributed by atoms with Crippen LogP contribution in [0.3, 0.4) is 0 Å². The van der Waals surface area contributed by atoms with E-state index in [2.05, 4.69) is 48.5 Å². The van der Waals surface area contributed by atoms with E-state index in [1.54, 1.807) is 14.2 Å². The third-order valence-corrected chi connectivity index (χ3v) is 5.38. The highest BCUT2D eigenvalue weighted by molar-refractivity contribution is 7.95. The number of hydrogen-bond acceptors (Lipinski definition) is 2. The van der Waals surface area contributed by atoms with Gasteiger partial charge in [0.05, 0.1) is 10.9 Å². The summed E-state index contributed by atoms with van der Waals surface area (Å²) >= 11 is 0. The number of methoxy groups -OCH3 is 2. The fourth-order valence-corrected chi connectivity index (χ4v) is 4.29. The van der Waals surface area contributed by atoms with E-state index in [0.29, 0.717) is 0 Å². The van der Waals surface area contributed by atoms with Crippen molar-refractivity contribution in [1.29, 1.82) is 0 Å². The molecule has 0 saturated heterocycles. The summed E-state index contributed by atoms with van der Waals surface area (Å²) in [5, 5.41) is 0. The van der Waals surface area contributed by atoms with Crippen molar-refractivity contribution in [2.24, 2.45) is 0 Å². The number of hydrogen-bond donors (Lipinski definition) is 0. The first kappa shape index (κ1) is 21.5. The normalized spacial score (nSPS) is 11.4. The molecule has 0 aliphatic carbocycles. The predicted molar refractivity (Wildman–Crippen MR) is 95.6 cm³/mol. The largest absolute Gasteiger partial charge is 0.673 e. The second-order valence-corrected chi connectivity index (χ2v) is 7.09. The first-order valence-electron chi connectivity index (χ1n) is 7.50. The smallest absolute Gasteiger partial charge is 0.418 e. The van der Waals surface area contributed by atoms with Crippen molar-refractivity contribution in [3.05, 3.63) is 71.8 Å². The highest BCUT2D eigenvalue weighted by atomic mass is 32.2. The molecule has 25 heavy (non-hydrogen) atoms. The molecular weight excluding hydrogens is 355 g/mol. The number of ether oxygens (including phenoxy) is 2. The van der Waals surface area contributed by atoms with Gasteiger partial charge in [-0.3, -0.25) is 0 Å². The lowest BCUT2D eigenvalue weighted by molar-refractivity contribution is -0.0373. The maximum Gasteiger partial charge on any atom is 0.673 e. The van der Waals surface area contributed by atoms with Crippen LogP contribution >= 0.6 is 0 Å². The van der Waals surface area contributed by atoms with E-state index in [1.807, 2.05) is 12.1 Å². The van der Waals surface area contributed by atoms with Gasteiger partial charge in [-0.25, -0.2) is 0 Å². The second kappa shape index (κ2) is 11.2.